The average molecular weight is 553 g/mol. The second kappa shape index (κ2) is 11.8. The second-order valence-corrected chi connectivity index (χ2v) is 10.8. The van der Waals surface area contributed by atoms with Crippen LogP contribution in [0.25, 0.3) is 0 Å². The first-order valence-corrected chi connectivity index (χ1v) is 13.4. The monoisotopic (exact) mass is 552 g/mol. The summed E-state index contributed by atoms with van der Waals surface area (Å²) in [5.74, 6) is 0.971. The topological polar surface area (TPSA) is 146 Å². The average Bonchev–Trinajstić information content (AvgIpc) is 3.44. The van der Waals surface area contributed by atoms with Gasteiger partial charge in [0, 0.05) is 32.6 Å². The van der Waals surface area contributed by atoms with Crippen molar-refractivity contribution in [3.63, 3.8) is 0 Å². The molecule has 0 bridgehead atoms. The minimum atomic E-state index is -0.472. The number of fused-ring (bicyclic) bond motifs is 1. The zero-order chi connectivity index (χ0) is 29.1. The lowest BCUT2D eigenvalue weighted by Crippen LogP contribution is -2.27. The number of carbonyl (C=O) groups is 1. The van der Waals surface area contributed by atoms with Crippen LogP contribution in [0.15, 0.2) is 28.7 Å². The van der Waals surface area contributed by atoms with Crippen LogP contribution >= 0.6 is 0 Å². The lowest BCUT2D eigenvalue weighted by molar-refractivity contribution is -0.105. The van der Waals surface area contributed by atoms with Gasteiger partial charge in [0.2, 0.25) is 17.7 Å². The first-order valence-electron chi connectivity index (χ1n) is 13.4. The van der Waals surface area contributed by atoms with Crippen LogP contribution in [0.5, 0.6) is 11.8 Å². The van der Waals surface area contributed by atoms with E-state index < -0.39 is 5.91 Å². The molecule has 11 nitrogen and oxygen atoms in total. The minimum absolute atomic E-state index is 0.149. The third-order valence-electron chi connectivity index (χ3n) is 6.91. The molecule has 2 aromatic heterocycles. The number of aryl methyl sites for hydroxylation is 1. The third kappa shape index (κ3) is 6.22. The Bertz CT molecular complexity index is 1340. The SMILES string of the molecule is COc1nc(NCCNCCN)nc(OC)c1NC(=O)c1ccc(Cc2cc3c(cc2C)C(C)(C)OC3(C)C)o1. The number of ether oxygens (including phenoxy) is 3. The summed E-state index contributed by atoms with van der Waals surface area (Å²) in [4.78, 5) is 21.8. The Morgan fingerprint density at radius 3 is 2.25 bits per heavy atom. The molecule has 40 heavy (non-hydrogen) atoms. The molecule has 1 aromatic carbocycles. The summed E-state index contributed by atoms with van der Waals surface area (Å²) in [6.07, 6.45) is 0.541. The molecular weight excluding hydrogens is 512 g/mol. The van der Waals surface area contributed by atoms with Gasteiger partial charge in [0.05, 0.1) is 25.4 Å². The highest BCUT2D eigenvalue weighted by molar-refractivity contribution is 6.03. The van der Waals surface area contributed by atoms with Crippen LogP contribution in [0.2, 0.25) is 0 Å². The number of aromatic nitrogens is 2. The quantitative estimate of drug-likeness (QED) is 0.245. The van der Waals surface area contributed by atoms with Gasteiger partial charge in [-0.2, -0.15) is 9.97 Å². The van der Waals surface area contributed by atoms with Gasteiger partial charge in [-0.1, -0.05) is 12.1 Å². The number of nitrogens with zero attached hydrogens (tertiary/aromatic N) is 2. The molecule has 0 fully saturated rings. The van der Waals surface area contributed by atoms with Crippen LogP contribution < -0.4 is 31.2 Å². The van der Waals surface area contributed by atoms with Crippen molar-refractivity contribution in [1.29, 1.82) is 0 Å². The Morgan fingerprint density at radius 2 is 1.62 bits per heavy atom. The van der Waals surface area contributed by atoms with Crippen molar-refractivity contribution in [3.05, 3.63) is 58.0 Å². The van der Waals surface area contributed by atoms with Crippen molar-refractivity contribution in [2.24, 2.45) is 5.73 Å². The molecule has 1 aliphatic rings. The van der Waals surface area contributed by atoms with Crippen LogP contribution in [-0.4, -0.2) is 56.3 Å². The number of hydrogen-bond acceptors (Lipinski definition) is 10. The van der Waals surface area contributed by atoms with Crippen LogP contribution in [0.4, 0.5) is 11.6 Å². The number of methoxy groups -OCH3 is 2. The number of benzene rings is 1. The lowest BCUT2D eigenvalue weighted by atomic mass is 9.86. The van der Waals surface area contributed by atoms with Crippen LogP contribution in [-0.2, 0) is 22.4 Å². The molecule has 0 saturated carbocycles. The van der Waals surface area contributed by atoms with Gasteiger partial charge in [-0.15, -0.1) is 0 Å². The van der Waals surface area contributed by atoms with Gasteiger partial charge in [0.25, 0.3) is 5.91 Å². The van der Waals surface area contributed by atoms with E-state index in [-0.39, 0.29) is 34.4 Å². The van der Waals surface area contributed by atoms with Gasteiger partial charge < -0.3 is 40.3 Å². The molecule has 5 N–H and O–H groups in total. The predicted octanol–water partition coefficient (Wildman–Crippen LogP) is 3.70. The maximum Gasteiger partial charge on any atom is 0.291 e. The maximum atomic E-state index is 13.1. The van der Waals surface area contributed by atoms with E-state index in [1.165, 1.54) is 25.3 Å². The fourth-order valence-electron chi connectivity index (χ4n) is 5.04. The molecule has 3 aromatic rings. The zero-order valence-corrected chi connectivity index (χ0v) is 24.4. The number of carbonyl (C=O) groups excluding carboxylic acids is 1. The van der Waals surface area contributed by atoms with Gasteiger partial charge in [-0.25, -0.2) is 0 Å². The van der Waals surface area contributed by atoms with Gasteiger partial charge in [0.15, 0.2) is 11.4 Å². The fraction of sp³-hybridized carbons (Fsp3) is 0.483. The summed E-state index contributed by atoms with van der Waals surface area (Å²) in [5.41, 5.74) is 9.60. The van der Waals surface area contributed by atoms with Crippen molar-refractivity contribution >= 4 is 17.5 Å². The first kappa shape index (κ1) is 29.3. The molecule has 1 amide bonds. The molecule has 0 unspecified atom stereocenters. The smallest absolute Gasteiger partial charge is 0.291 e. The Kier molecular flexibility index (Phi) is 8.67. The van der Waals surface area contributed by atoms with E-state index in [9.17, 15) is 4.79 Å². The van der Waals surface area contributed by atoms with Gasteiger partial charge in [-0.05, 0) is 69.0 Å². The lowest BCUT2D eigenvalue weighted by Gasteiger charge is -2.24. The summed E-state index contributed by atoms with van der Waals surface area (Å²) < 4.78 is 23.1. The minimum Gasteiger partial charge on any atom is -0.479 e. The van der Waals surface area contributed by atoms with E-state index in [4.69, 9.17) is 24.4 Å². The largest absolute Gasteiger partial charge is 0.479 e. The summed E-state index contributed by atoms with van der Waals surface area (Å²) in [5, 5.41) is 9.05. The Morgan fingerprint density at radius 1 is 0.975 bits per heavy atom. The zero-order valence-electron chi connectivity index (χ0n) is 24.4. The van der Waals surface area contributed by atoms with Crippen LogP contribution in [0.1, 0.15) is 66.3 Å². The molecule has 0 spiro atoms. The Hall–Kier alpha value is -3.67. The molecule has 4 rings (SSSR count). The predicted molar refractivity (Wildman–Crippen MR) is 153 cm³/mol. The normalized spacial score (nSPS) is 15.0. The Labute approximate surface area is 235 Å². The van der Waals surface area contributed by atoms with Crippen molar-refractivity contribution in [3.8, 4) is 11.8 Å². The van der Waals surface area contributed by atoms with Crippen molar-refractivity contribution in [2.75, 3.05) is 51.0 Å². The Balaban J connectivity index is 1.49. The molecule has 1 aliphatic heterocycles. The van der Waals surface area contributed by atoms with Crippen molar-refractivity contribution < 1.29 is 23.4 Å². The van der Waals surface area contributed by atoms with Gasteiger partial charge in [-0.3, -0.25) is 4.79 Å². The van der Waals surface area contributed by atoms with Gasteiger partial charge >= 0.3 is 0 Å². The molecule has 0 radical (unpaired) electrons. The van der Waals surface area contributed by atoms with Crippen LogP contribution in [0.3, 0.4) is 0 Å². The van der Waals surface area contributed by atoms with Gasteiger partial charge in [0.1, 0.15) is 5.76 Å². The van der Waals surface area contributed by atoms with E-state index in [0.717, 1.165) is 11.1 Å². The summed E-state index contributed by atoms with van der Waals surface area (Å²) in [6.45, 7) is 13.0. The van der Waals surface area contributed by atoms with E-state index in [1.54, 1.807) is 6.07 Å². The highest BCUT2D eigenvalue weighted by atomic mass is 16.5. The number of nitrogens with one attached hydrogen (secondary N) is 3. The molecular formula is C29H40N6O5. The number of rotatable bonds is 12. The summed E-state index contributed by atoms with van der Waals surface area (Å²) >= 11 is 0. The van der Waals surface area contributed by atoms with E-state index in [0.29, 0.717) is 44.3 Å². The number of anilines is 2. The van der Waals surface area contributed by atoms with E-state index >= 15 is 0 Å². The highest BCUT2D eigenvalue weighted by Gasteiger charge is 2.43. The molecule has 3 heterocycles. The number of hydrogen-bond donors (Lipinski definition) is 4. The molecule has 0 atom stereocenters. The number of amides is 1. The maximum absolute atomic E-state index is 13.1. The highest BCUT2D eigenvalue weighted by Crippen LogP contribution is 2.47. The van der Waals surface area contributed by atoms with Crippen molar-refractivity contribution in [1.82, 2.24) is 15.3 Å². The van der Waals surface area contributed by atoms with E-state index in [2.05, 4.69) is 72.7 Å². The van der Waals surface area contributed by atoms with Crippen molar-refractivity contribution in [2.45, 2.75) is 52.2 Å². The fourth-order valence-corrected chi connectivity index (χ4v) is 5.04. The molecule has 0 saturated heterocycles. The third-order valence-corrected chi connectivity index (χ3v) is 6.91. The summed E-state index contributed by atoms with van der Waals surface area (Å²) in [6, 6.07) is 7.85. The number of nitrogens with two attached hydrogens (primary N) is 1. The standard InChI is InChI=1S/C29H40N6O5/c1-17-14-20-21(29(4,5)40-28(20,2)3)16-18(17)15-19-8-9-22(39-19)24(36)33-23-25(37-6)34-27(35-26(23)38-7)32-13-12-31-11-10-30/h8-9,14,16,31H,10-13,15,30H2,1-7H3,(H,33,36)(H,32,34,35). The summed E-state index contributed by atoms with van der Waals surface area (Å²) in [7, 11) is 2.92. The number of furan rings is 1. The first-order chi connectivity index (χ1) is 19.0. The molecule has 0 aliphatic carbocycles. The van der Waals surface area contributed by atoms with Crippen LogP contribution in [0, 0.1) is 6.92 Å². The molecule has 11 heteroatoms. The van der Waals surface area contributed by atoms with E-state index in [1.807, 2.05) is 6.07 Å². The second-order valence-electron chi connectivity index (χ2n) is 10.8. The molecule has 216 valence electrons.